The highest BCUT2D eigenvalue weighted by Gasteiger charge is 2.20. The number of fused-ring (bicyclic) bond motifs is 7. The Bertz CT molecular complexity index is 2790. The van der Waals surface area contributed by atoms with E-state index in [9.17, 15) is 0 Å². The molecule has 0 saturated heterocycles. The molecule has 0 saturated carbocycles. The van der Waals surface area contributed by atoms with Gasteiger partial charge in [0.15, 0.2) is 0 Å². The van der Waals surface area contributed by atoms with Gasteiger partial charge in [-0.25, -0.2) is 0 Å². The molecule has 1 nitrogen and oxygen atoms in total. The van der Waals surface area contributed by atoms with Crippen molar-refractivity contribution < 1.29 is 4.42 Å². The highest BCUT2D eigenvalue weighted by Crippen LogP contribution is 2.47. The van der Waals surface area contributed by atoms with Gasteiger partial charge in [0.05, 0.1) is 0 Å². The molecule has 1 heteroatoms. The predicted octanol–water partition coefficient (Wildman–Crippen LogP) is 13.2. The van der Waals surface area contributed by atoms with Crippen molar-refractivity contribution in [3.05, 3.63) is 170 Å². The van der Waals surface area contributed by atoms with E-state index in [0.717, 1.165) is 27.5 Å². The van der Waals surface area contributed by atoms with Gasteiger partial charge in [-0.3, -0.25) is 0 Å². The molecule has 0 amide bonds. The molecule has 1 heterocycles. The third-order valence-corrected chi connectivity index (χ3v) is 9.87. The van der Waals surface area contributed by atoms with E-state index in [2.05, 4.69) is 158 Å². The van der Waals surface area contributed by atoms with E-state index < -0.39 is 0 Å². The van der Waals surface area contributed by atoms with E-state index >= 15 is 0 Å². The summed E-state index contributed by atoms with van der Waals surface area (Å²) in [5.74, 6) is 0. The van der Waals surface area contributed by atoms with Crippen molar-refractivity contribution in [3.63, 3.8) is 0 Å². The second kappa shape index (κ2) is 10.2. The Kier molecular flexibility index (Phi) is 5.64. The summed E-state index contributed by atoms with van der Waals surface area (Å²) in [6.45, 7) is 0. The van der Waals surface area contributed by atoms with Crippen LogP contribution in [0.4, 0.5) is 0 Å². The second-order valence-electron chi connectivity index (χ2n) is 12.4. The summed E-state index contributed by atoms with van der Waals surface area (Å²) in [6, 6.07) is 61.6. The number of para-hydroxylation sites is 1. The van der Waals surface area contributed by atoms with Crippen LogP contribution in [0.5, 0.6) is 0 Å². The minimum absolute atomic E-state index is 0.915. The quantitative estimate of drug-likeness (QED) is 0.185. The predicted molar refractivity (Wildman–Crippen MR) is 200 cm³/mol. The van der Waals surface area contributed by atoms with Gasteiger partial charge in [0.25, 0.3) is 0 Å². The van der Waals surface area contributed by atoms with E-state index in [0.29, 0.717) is 0 Å². The summed E-state index contributed by atoms with van der Waals surface area (Å²) in [6.07, 6.45) is 0. The molecule has 10 rings (SSSR count). The average Bonchev–Trinajstić information content (AvgIpc) is 3.51. The molecule has 0 fully saturated rings. The smallest absolute Gasteiger partial charge is 0.136 e. The van der Waals surface area contributed by atoms with E-state index in [1.54, 1.807) is 0 Å². The maximum atomic E-state index is 6.29. The van der Waals surface area contributed by atoms with Gasteiger partial charge >= 0.3 is 0 Å². The van der Waals surface area contributed by atoms with Gasteiger partial charge < -0.3 is 4.42 Å². The van der Waals surface area contributed by atoms with Gasteiger partial charge in [-0.2, -0.15) is 0 Å². The molecule has 0 aliphatic heterocycles. The molecule has 47 heavy (non-hydrogen) atoms. The zero-order valence-electron chi connectivity index (χ0n) is 25.6. The Morgan fingerprint density at radius 3 is 1.43 bits per heavy atom. The highest BCUT2D eigenvalue weighted by molar-refractivity contribution is 6.25. The molecule has 10 aromatic rings. The zero-order valence-corrected chi connectivity index (χ0v) is 25.6. The first kappa shape index (κ1) is 26.1. The summed E-state index contributed by atoms with van der Waals surface area (Å²) >= 11 is 0. The summed E-state index contributed by atoms with van der Waals surface area (Å²) in [7, 11) is 0. The first-order chi connectivity index (χ1) is 23.3. The van der Waals surface area contributed by atoms with Crippen LogP contribution < -0.4 is 0 Å². The van der Waals surface area contributed by atoms with Crippen LogP contribution in [0.25, 0.3) is 98.4 Å². The molecule has 0 radical (unpaired) electrons. The highest BCUT2D eigenvalue weighted by atomic mass is 16.3. The molecule has 0 unspecified atom stereocenters. The van der Waals surface area contributed by atoms with Crippen molar-refractivity contribution in [1.82, 2.24) is 0 Å². The monoisotopic (exact) mass is 596 g/mol. The third kappa shape index (κ3) is 3.90. The molecule has 0 aliphatic carbocycles. The lowest BCUT2D eigenvalue weighted by molar-refractivity contribution is 0.669. The van der Waals surface area contributed by atoms with E-state index in [1.807, 2.05) is 12.1 Å². The third-order valence-electron chi connectivity index (χ3n) is 9.87. The zero-order chi connectivity index (χ0) is 30.9. The first-order valence-electron chi connectivity index (χ1n) is 16.2. The average molecular weight is 597 g/mol. The van der Waals surface area contributed by atoms with Crippen molar-refractivity contribution >= 4 is 65.0 Å². The van der Waals surface area contributed by atoms with Crippen LogP contribution in [0.15, 0.2) is 174 Å². The Hall–Kier alpha value is -6.18. The minimum Gasteiger partial charge on any atom is -0.456 e. The normalized spacial score (nSPS) is 11.8. The van der Waals surface area contributed by atoms with Crippen LogP contribution >= 0.6 is 0 Å². The molecule has 9 aromatic carbocycles. The van der Waals surface area contributed by atoms with Crippen LogP contribution in [0.3, 0.4) is 0 Å². The standard InChI is InChI=1S/C46H28O/c1-2-14-31-29(12-1)13-11-22-37(31)45-38-18-5-7-20-40(38)46(41-21-8-6-19-39(41)45)42-27-26-32(33-15-3-4-16-34(33)42)30-24-25-36-35-17-9-10-23-43(35)47-44(36)28-30/h1-28H. The van der Waals surface area contributed by atoms with Gasteiger partial charge in [-0.15, -0.1) is 0 Å². The lowest BCUT2D eigenvalue weighted by Gasteiger charge is -2.20. The van der Waals surface area contributed by atoms with E-state index in [1.165, 1.54) is 70.9 Å². The number of hydrogen-bond acceptors (Lipinski definition) is 1. The molecule has 0 aliphatic rings. The molecule has 0 bridgehead atoms. The fraction of sp³-hybridized carbons (Fsp3) is 0. The van der Waals surface area contributed by atoms with Crippen LogP contribution in [-0.4, -0.2) is 0 Å². The largest absolute Gasteiger partial charge is 0.456 e. The van der Waals surface area contributed by atoms with Gasteiger partial charge in [-0.1, -0.05) is 152 Å². The summed E-state index contributed by atoms with van der Waals surface area (Å²) in [4.78, 5) is 0. The second-order valence-corrected chi connectivity index (χ2v) is 12.4. The lowest BCUT2D eigenvalue weighted by atomic mass is 9.83. The van der Waals surface area contributed by atoms with Crippen LogP contribution in [0.2, 0.25) is 0 Å². The molecule has 0 spiro atoms. The fourth-order valence-corrected chi connectivity index (χ4v) is 7.81. The number of furan rings is 1. The minimum atomic E-state index is 0.915. The number of benzene rings is 9. The summed E-state index contributed by atoms with van der Waals surface area (Å²) in [5, 5.41) is 12.3. The Morgan fingerprint density at radius 1 is 0.277 bits per heavy atom. The first-order valence-corrected chi connectivity index (χ1v) is 16.2. The Labute approximate surface area is 271 Å². The summed E-state index contributed by atoms with van der Waals surface area (Å²) < 4.78 is 6.29. The van der Waals surface area contributed by atoms with Crippen LogP contribution in [0.1, 0.15) is 0 Å². The van der Waals surface area contributed by atoms with Gasteiger partial charge in [-0.05, 0) is 94.7 Å². The van der Waals surface area contributed by atoms with Gasteiger partial charge in [0, 0.05) is 10.8 Å². The van der Waals surface area contributed by atoms with Crippen molar-refractivity contribution in [3.8, 4) is 33.4 Å². The molecule has 0 N–H and O–H groups in total. The van der Waals surface area contributed by atoms with Crippen molar-refractivity contribution in [2.24, 2.45) is 0 Å². The van der Waals surface area contributed by atoms with Crippen molar-refractivity contribution in [1.29, 1.82) is 0 Å². The molecule has 218 valence electrons. The maximum Gasteiger partial charge on any atom is 0.136 e. The van der Waals surface area contributed by atoms with Crippen molar-refractivity contribution in [2.75, 3.05) is 0 Å². The molecule has 0 atom stereocenters. The van der Waals surface area contributed by atoms with Gasteiger partial charge in [0.1, 0.15) is 11.2 Å². The van der Waals surface area contributed by atoms with E-state index in [-0.39, 0.29) is 0 Å². The Balaban J connectivity index is 1.26. The molecular formula is C46H28O. The maximum absolute atomic E-state index is 6.29. The lowest BCUT2D eigenvalue weighted by Crippen LogP contribution is -1.93. The number of rotatable bonds is 3. The van der Waals surface area contributed by atoms with Crippen LogP contribution in [0, 0.1) is 0 Å². The van der Waals surface area contributed by atoms with Gasteiger partial charge in [0.2, 0.25) is 0 Å². The fourth-order valence-electron chi connectivity index (χ4n) is 7.81. The number of hydrogen-bond donors (Lipinski definition) is 0. The molecule has 1 aromatic heterocycles. The van der Waals surface area contributed by atoms with Crippen molar-refractivity contribution in [2.45, 2.75) is 0 Å². The molecular weight excluding hydrogens is 569 g/mol. The summed E-state index contributed by atoms with van der Waals surface area (Å²) in [5.41, 5.74) is 9.26. The topological polar surface area (TPSA) is 13.1 Å². The Morgan fingerprint density at radius 2 is 0.745 bits per heavy atom. The SMILES string of the molecule is c1ccc2c(-c3c4ccccc4c(-c4ccc(-c5ccc6c(c5)oc5ccccc56)c5ccccc45)c4ccccc34)cccc2c1. The van der Waals surface area contributed by atoms with Crippen LogP contribution in [-0.2, 0) is 0 Å². The van der Waals surface area contributed by atoms with E-state index in [4.69, 9.17) is 4.42 Å².